The zero-order chi connectivity index (χ0) is 22.7. The molecule has 1 saturated carbocycles. The Morgan fingerprint density at radius 2 is 1.85 bits per heavy atom. The minimum atomic E-state index is -0.413. The maximum atomic E-state index is 15.5. The zero-order valence-corrected chi connectivity index (χ0v) is 18.1. The number of fused-ring (bicyclic) bond motifs is 1. The van der Waals surface area contributed by atoms with Crippen molar-refractivity contribution in [2.24, 2.45) is 0 Å². The SMILES string of the molecule is CN1C(=O)N(c2ccc(-c3cn(C4CC4)c4ncnc(N)c34)c(F)c2)CC1c1ccccc1. The predicted molar refractivity (Wildman–Crippen MR) is 125 cm³/mol. The minimum Gasteiger partial charge on any atom is -0.383 e. The highest BCUT2D eigenvalue weighted by atomic mass is 19.1. The van der Waals surface area contributed by atoms with E-state index < -0.39 is 5.82 Å². The van der Waals surface area contributed by atoms with E-state index in [4.69, 9.17) is 5.73 Å². The summed E-state index contributed by atoms with van der Waals surface area (Å²) in [5, 5.41) is 0.664. The summed E-state index contributed by atoms with van der Waals surface area (Å²) in [5.74, 6) is -0.0795. The fourth-order valence-corrected chi connectivity index (χ4v) is 4.75. The van der Waals surface area contributed by atoms with Gasteiger partial charge in [-0.15, -0.1) is 0 Å². The number of nitrogens with zero attached hydrogens (tertiary/aromatic N) is 5. The molecule has 2 fully saturated rings. The third-order valence-electron chi connectivity index (χ3n) is 6.67. The average Bonchev–Trinajstić information content (AvgIpc) is 3.53. The normalized spacial score (nSPS) is 18.5. The first-order valence-electron chi connectivity index (χ1n) is 11.0. The van der Waals surface area contributed by atoms with E-state index in [9.17, 15) is 4.79 Å². The summed E-state index contributed by atoms with van der Waals surface area (Å²) in [6.07, 6.45) is 5.51. The van der Waals surface area contributed by atoms with Crippen LogP contribution in [0.5, 0.6) is 0 Å². The lowest BCUT2D eigenvalue weighted by Crippen LogP contribution is -2.29. The Balaban J connectivity index is 1.38. The lowest BCUT2D eigenvalue weighted by Gasteiger charge is -2.17. The van der Waals surface area contributed by atoms with E-state index in [0.29, 0.717) is 40.6 Å². The summed E-state index contributed by atoms with van der Waals surface area (Å²) in [6, 6.07) is 14.9. The Hall–Kier alpha value is -3.94. The van der Waals surface area contributed by atoms with Crippen LogP contribution in [0.15, 0.2) is 61.1 Å². The van der Waals surface area contributed by atoms with E-state index in [0.717, 1.165) is 24.1 Å². The Bertz CT molecular complexity index is 1380. The van der Waals surface area contributed by atoms with Gasteiger partial charge >= 0.3 is 6.03 Å². The van der Waals surface area contributed by atoms with Gasteiger partial charge in [-0.3, -0.25) is 4.90 Å². The van der Waals surface area contributed by atoms with Crippen LogP contribution in [0, 0.1) is 5.82 Å². The molecule has 2 aromatic heterocycles. The zero-order valence-electron chi connectivity index (χ0n) is 18.1. The highest BCUT2D eigenvalue weighted by Crippen LogP contribution is 2.43. The molecule has 1 atom stereocenters. The maximum Gasteiger partial charge on any atom is 0.324 e. The van der Waals surface area contributed by atoms with Gasteiger partial charge in [0.2, 0.25) is 0 Å². The van der Waals surface area contributed by atoms with Crippen molar-refractivity contribution in [3.63, 3.8) is 0 Å². The molecule has 2 aromatic carbocycles. The fourth-order valence-electron chi connectivity index (χ4n) is 4.75. The molecule has 0 spiro atoms. The maximum absolute atomic E-state index is 15.5. The highest BCUT2D eigenvalue weighted by molar-refractivity contribution is 6.01. The molecule has 1 unspecified atom stereocenters. The van der Waals surface area contributed by atoms with Crippen LogP contribution in [-0.2, 0) is 0 Å². The molecule has 2 N–H and O–H groups in total. The summed E-state index contributed by atoms with van der Waals surface area (Å²) >= 11 is 0. The monoisotopic (exact) mass is 442 g/mol. The van der Waals surface area contributed by atoms with Gasteiger partial charge in [0.25, 0.3) is 0 Å². The summed E-state index contributed by atoms with van der Waals surface area (Å²) in [4.78, 5) is 24.8. The summed E-state index contributed by atoms with van der Waals surface area (Å²) in [5.41, 5.74) is 9.57. The van der Waals surface area contributed by atoms with E-state index in [1.54, 1.807) is 29.0 Å². The third-order valence-corrected chi connectivity index (χ3v) is 6.67. The second kappa shape index (κ2) is 7.30. The lowest BCUT2D eigenvalue weighted by molar-refractivity contribution is 0.219. The summed E-state index contributed by atoms with van der Waals surface area (Å²) < 4.78 is 17.5. The van der Waals surface area contributed by atoms with Gasteiger partial charge in [-0.2, -0.15) is 0 Å². The van der Waals surface area contributed by atoms with Crippen molar-refractivity contribution in [2.75, 3.05) is 24.2 Å². The van der Waals surface area contributed by atoms with Crippen LogP contribution in [0.1, 0.15) is 30.5 Å². The van der Waals surface area contributed by atoms with E-state index in [2.05, 4.69) is 14.5 Å². The number of nitrogens with two attached hydrogens (primary N) is 1. The Morgan fingerprint density at radius 3 is 2.58 bits per heavy atom. The van der Waals surface area contributed by atoms with Gasteiger partial charge < -0.3 is 15.2 Å². The smallest absolute Gasteiger partial charge is 0.324 e. The number of nitrogen functional groups attached to an aromatic ring is 1. The number of benzene rings is 2. The number of halogens is 1. The van der Waals surface area contributed by atoms with Crippen LogP contribution in [0.2, 0.25) is 0 Å². The Kier molecular flexibility index (Phi) is 4.36. The van der Waals surface area contributed by atoms with Crippen LogP contribution in [0.25, 0.3) is 22.2 Å². The van der Waals surface area contributed by atoms with Crippen molar-refractivity contribution in [1.82, 2.24) is 19.4 Å². The quantitative estimate of drug-likeness (QED) is 0.494. The van der Waals surface area contributed by atoms with Crippen molar-refractivity contribution in [1.29, 1.82) is 0 Å². The van der Waals surface area contributed by atoms with E-state index in [1.165, 1.54) is 12.4 Å². The van der Waals surface area contributed by atoms with Gasteiger partial charge in [0.1, 0.15) is 23.6 Å². The molecule has 2 amide bonds. The molecule has 1 aliphatic heterocycles. The lowest BCUT2D eigenvalue weighted by atomic mass is 10.0. The molecular weight excluding hydrogens is 419 g/mol. The largest absolute Gasteiger partial charge is 0.383 e. The second-order valence-corrected chi connectivity index (χ2v) is 8.73. The van der Waals surface area contributed by atoms with Gasteiger partial charge in [0.15, 0.2) is 0 Å². The molecule has 6 rings (SSSR count). The van der Waals surface area contributed by atoms with Crippen LogP contribution >= 0.6 is 0 Å². The molecular formula is C25H23FN6O. The fraction of sp³-hybridized carbons (Fsp3) is 0.240. The van der Waals surface area contributed by atoms with Crippen molar-refractivity contribution < 1.29 is 9.18 Å². The van der Waals surface area contributed by atoms with Gasteiger partial charge in [-0.1, -0.05) is 30.3 Å². The standard InChI is InChI=1S/C25H23FN6O/c1-30-21(15-5-3-2-4-6-15)13-32(25(30)33)17-9-10-18(20(26)11-17)19-12-31(16-7-8-16)24-22(19)23(27)28-14-29-24/h2-6,9-12,14,16,21H,7-8,13H2,1H3,(H2,27,28,29). The molecule has 0 bridgehead atoms. The number of amides is 2. The number of urea groups is 1. The third kappa shape index (κ3) is 3.13. The summed E-state index contributed by atoms with van der Waals surface area (Å²) in [7, 11) is 1.78. The topological polar surface area (TPSA) is 80.3 Å². The van der Waals surface area contributed by atoms with Gasteiger partial charge in [-0.05, 0) is 36.6 Å². The molecule has 7 nitrogen and oxygen atoms in total. The number of anilines is 2. The number of carbonyl (C=O) groups is 1. The second-order valence-electron chi connectivity index (χ2n) is 8.73. The van der Waals surface area contributed by atoms with Gasteiger partial charge in [0.05, 0.1) is 18.0 Å². The highest BCUT2D eigenvalue weighted by Gasteiger charge is 2.36. The average molecular weight is 442 g/mol. The van der Waals surface area contributed by atoms with Gasteiger partial charge in [-0.25, -0.2) is 19.2 Å². The van der Waals surface area contributed by atoms with E-state index in [-0.39, 0.29) is 12.1 Å². The molecule has 4 aromatic rings. The molecule has 8 heteroatoms. The van der Waals surface area contributed by atoms with E-state index in [1.807, 2.05) is 36.5 Å². The molecule has 1 aliphatic carbocycles. The molecule has 33 heavy (non-hydrogen) atoms. The predicted octanol–water partition coefficient (Wildman–Crippen LogP) is 4.77. The molecule has 0 radical (unpaired) electrons. The first-order chi connectivity index (χ1) is 16.0. The first-order valence-corrected chi connectivity index (χ1v) is 11.0. The van der Waals surface area contributed by atoms with Crippen LogP contribution in [0.3, 0.4) is 0 Å². The molecule has 3 heterocycles. The number of aromatic nitrogens is 3. The number of likely N-dealkylation sites (N-methyl/N-ethyl adjacent to an activating group) is 1. The number of carbonyl (C=O) groups excluding carboxylic acids is 1. The first kappa shape index (κ1) is 19.7. The van der Waals surface area contributed by atoms with Crippen LogP contribution in [0.4, 0.5) is 20.7 Å². The van der Waals surface area contributed by atoms with Crippen molar-refractivity contribution in [3.8, 4) is 11.1 Å². The molecule has 166 valence electrons. The number of hydrogen-bond acceptors (Lipinski definition) is 4. The van der Waals surface area contributed by atoms with Crippen molar-refractivity contribution >= 4 is 28.6 Å². The number of hydrogen-bond donors (Lipinski definition) is 1. The Morgan fingerprint density at radius 1 is 1.06 bits per heavy atom. The molecule has 2 aliphatic rings. The molecule has 1 saturated heterocycles. The number of rotatable bonds is 4. The van der Waals surface area contributed by atoms with Crippen molar-refractivity contribution in [3.05, 3.63) is 72.4 Å². The van der Waals surface area contributed by atoms with Gasteiger partial charge in [0, 0.05) is 36.1 Å². The Labute approximate surface area is 190 Å². The van der Waals surface area contributed by atoms with Crippen LogP contribution in [-0.4, -0.2) is 39.1 Å². The minimum absolute atomic E-state index is 0.0881. The summed E-state index contributed by atoms with van der Waals surface area (Å²) in [6.45, 7) is 0.458. The van der Waals surface area contributed by atoms with Crippen LogP contribution < -0.4 is 10.6 Å². The van der Waals surface area contributed by atoms with Crippen molar-refractivity contribution in [2.45, 2.75) is 24.9 Å². The van der Waals surface area contributed by atoms with E-state index >= 15 is 4.39 Å².